The summed E-state index contributed by atoms with van der Waals surface area (Å²) in [5, 5.41) is 6.13. The van der Waals surface area contributed by atoms with Crippen molar-refractivity contribution in [3.8, 4) is 5.69 Å². The highest BCUT2D eigenvalue weighted by Gasteiger charge is 2.14. The highest BCUT2D eigenvalue weighted by Crippen LogP contribution is 2.30. The van der Waals surface area contributed by atoms with Crippen molar-refractivity contribution in [2.45, 2.75) is 30.7 Å². The monoisotopic (exact) mass is 356 g/mol. The van der Waals surface area contributed by atoms with E-state index in [1.807, 2.05) is 69.3 Å². The number of nitrogens with zero attached hydrogens (tertiary/aromatic N) is 2. The van der Waals surface area contributed by atoms with Crippen molar-refractivity contribution in [1.82, 2.24) is 9.78 Å². The van der Waals surface area contributed by atoms with Crippen LogP contribution < -0.4 is 5.56 Å². The molecule has 0 fully saturated rings. The molecule has 2 aromatic carbocycles. The molecule has 1 aromatic heterocycles. The quantitative estimate of drug-likeness (QED) is 0.665. The van der Waals surface area contributed by atoms with E-state index in [-0.39, 0.29) is 5.56 Å². The second-order valence-electron chi connectivity index (χ2n) is 5.61. The van der Waals surface area contributed by atoms with Crippen LogP contribution in [0.1, 0.15) is 16.7 Å². The number of aryl methyl sites for hydroxylation is 1. The van der Waals surface area contributed by atoms with Gasteiger partial charge in [-0.15, -0.1) is 0 Å². The van der Waals surface area contributed by atoms with Crippen molar-refractivity contribution in [3.05, 3.63) is 80.6 Å². The zero-order chi connectivity index (χ0) is 17.3. The zero-order valence-corrected chi connectivity index (χ0v) is 15.3. The van der Waals surface area contributed by atoms with Crippen molar-refractivity contribution in [3.63, 3.8) is 0 Å². The van der Waals surface area contributed by atoms with Crippen molar-refractivity contribution in [2.75, 3.05) is 0 Å². The van der Waals surface area contributed by atoms with Gasteiger partial charge < -0.3 is 0 Å². The molecule has 3 rings (SSSR count). The Hall–Kier alpha value is -2.04. The van der Waals surface area contributed by atoms with Crippen LogP contribution in [0.3, 0.4) is 0 Å². The lowest BCUT2D eigenvalue weighted by Gasteiger charge is -2.13. The molecule has 0 aliphatic carbocycles. The van der Waals surface area contributed by atoms with Gasteiger partial charge in [0.15, 0.2) is 0 Å². The van der Waals surface area contributed by atoms with E-state index in [0.717, 1.165) is 26.7 Å². The number of benzene rings is 2. The first-order chi connectivity index (χ1) is 11.5. The summed E-state index contributed by atoms with van der Waals surface area (Å²) < 4.78 is 1.50. The van der Waals surface area contributed by atoms with Crippen LogP contribution in [0.5, 0.6) is 0 Å². The predicted molar refractivity (Wildman–Crippen MR) is 99.6 cm³/mol. The van der Waals surface area contributed by atoms with Gasteiger partial charge in [-0.1, -0.05) is 41.6 Å². The summed E-state index contributed by atoms with van der Waals surface area (Å²) in [6, 6.07) is 15.4. The third-order valence-corrected chi connectivity index (χ3v) is 5.30. The maximum Gasteiger partial charge on any atom is 0.274 e. The molecule has 0 bridgehead atoms. The molecule has 0 unspecified atom stereocenters. The van der Waals surface area contributed by atoms with E-state index in [2.05, 4.69) is 5.10 Å². The fourth-order valence-electron chi connectivity index (χ4n) is 2.37. The van der Waals surface area contributed by atoms with E-state index in [0.29, 0.717) is 10.6 Å². The van der Waals surface area contributed by atoms with Crippen LogP contribution in [-0.4, -0.2) is 9.78 Å². The van der Waals surface area contributed by atoms with E-state index < -0.39 is 0 Å². The van der Waals surface area contributed by atoms with E-state index in [4.69, 9.17) is 11.6 Å². The summed E-state index contributed by atoms with van der Waals surface area (Å²) in [4.78, 5) is 13.7. The molecule has 0 aliphatic heterocycles. The maximum absolute atomic E-state index is 12.7. The Morgan fingerprint density at radius 1 is 0.958 bits per heavy atom. The van der Waals surface area contributed by atoms with Crippen molar-refractivity contribution in [1.29, 1.82) is 0 Å². The first-order valence-corrected chi connectivity index (χ1v) is 8.77. The standard InChI is InChI=1S/C19H17ClN2OS/c1-12-6-4-5-7-17(12)22-19(23)14(3)13(2)18(21-22)24-16-10-8-15(20)9-11-16/h4-11H,1-3H3. The van der Waals surface area contributed by atoms with Gasteiger partial charge in [0.2, 0.25) is 0 Å². The topological polar surface area (TPSA) is 34.9 Å². The minimum Gasteiger partial charge on any atom is -0.267 e. The largest absolute Gasteiger partial charge is 0.274 e. The van der Waals surface area contributed by atoms with Crippen LogP contribution in [0.15, 0.2) is 63.2 Å². The minimum atomic E-state index is -0.0812. The highest BCUT2D eigenvalue weighted by molar-refractivity contribution is 7.99. The van der Waals surface area contributed by atoms with Gasteiger partial charge in [-0.25, -0.2) is 0 Å². The van der Waals surface area contributed by atoms with Gasteiger partial charge >= 0.3 is 0 Å². The second kappa shape index (κ2) is 6.83. The summed E-state index contributed by atoms with van der Waals surface area (Å²) in [6.45, 7) is 5.76. The molecule has 0 amide bonds. The Kier molecular flexibility index (Phi) is 4.78. The Bertz CT molecular complexity index is 949. The molecule has 0 aliphatic rings. The Balaban J connectivity index is 2.12. The van der Waals surface area contributed by atoms with Gasteiger partial charge in [0.05, 0.1) is 5.69 Å². The minimum absolute atomic E-state index is 0.0812. The molecule has 5 heteroatoms. The van der Waals surface area contributed by atoms with Gasteiger partial charge in [-0.2, -0.15) is 9.78 Å². The van der Waals surface area contributed by atoms with Gasteiger partial charge in [0, 0.05) is 15.5 Å². The van der Waals surface area contributed by atoms with E-state index in [9.17, 15) is 4.79 Å². The lowest BCUT2D eigenvalue weighted by molar-refractivity contribution is 0.729. The SMILES string of the molecule is Cc1ccccc1-n1nc(Sc2ccc(Cl)cc2)c(C)c(C)c1=O. The lowest BCUT2D eigenvalue weighted by atomic mass is 10.2. The van der Waals surface area contributed by atoms with Crippen LogP contribution in [0, 0.1) is 20.8 Å². The number of para-hydroxylation sites is 1. The van der Waals surface area contributed by atoms with Crippen LogP contribution in [-0.2, 0) is 0 Å². The summed E-state index contributed by atoms with van der Waals surface area (Å²) in [5.74, 6) is 0. The van der Waals surface area contributed by atoms with Crippen LogP contribution in [0.2, 0.25) is 5.02 Å². The summed E-state index contributed by atoms with van der Waals surface area (Å²) in [5.41, 5.74) is 3.36. The number of rotatable bonds is 3. The summed E-state index contributed by atoms with van der Waals surface area (Å²) in [7, 11) is 0. The fourth-order valence-corrected chi connectivity index (χ4v) is 3.42. The van der Waals surface area contributed by atoms with Gasteiger partial charge in [-0.3, -0.25) is 4.79 Å². The molecule has 0 spiro atoms. The molecule has 3 nitrogen and oxygen atoms in total. The Morgan fingerprint density at radius 3 is 2.29 bits per heavy atom. The molecule has 0 atom stereocenters. The molecular weight excluding hydrogens is 340 g/mol. The first-order valence-electron chi connectivity index (χ1n) is 7.57. The first kappa shape index (κ1) is 16.8. The molecular formula is C19H17ClN2OS. The van der Waals surface area contributed by atoms with E-state index in [1.165, 1.54) is 16.4 Å². The summed E-state index contributed by atoms with van der Waals surface area (Å²) >= 11 is 7.48. The van der Waals surface area contributed by atoms with Crippen molar-refractivity contribution < 1.29 is 0 Å². The van der Waals surface area contributed by atoms with Crippen LogP contribution in [0.4, 0.5) is 0 Å². The van der Waals surface area contributed by atoms with E-state index in [1.54, 1.807) is 0 Å². The van der Waals surface area contributed by atoms with Crippen LogP contribution in [0.25, 0.3) is 5.69 Å². The predicted octanol–water partition coefficient (Wildman–Crippen LogP) is 4.96. The molecule has 0 saturated heterocycles. The normalized spacial score (nSPS) is 10.8. The molecule has 0 radical (unpaired) electrons. The maximum atomic E-state index is 12.7. The average Bonchev–Trinajstić information content (AvgIpc) is 2.58. The Labute approximate surface area is 150 Å². The van der Waals surface area contributed by atoms with E-state index >= 15 is 0 Å². The average molecular weight is 357 g/mol. The lowest BCUT2D eigenvalue weighted by Crippen LogP contribution is -2.25. The summed E-state index contributed by atoms with van der Waals surface area (Å²) in [6.07, 6.45) is 0. The number of hydrogen-bond acceptors (Lipinski definition) is 3. The number of hydrogen-bond donors (Lipinski definition) is 0. The third kappa shape index (κ3) is 3.25. The molecule has 1 heterocycles. The number of aromatic nitrogens is 2. The molecule has 3 aromatic rings. The second-order valence-corrected chi connectivity index (χ2v) is 7.11. The smallest absolute Gasteiger partial charge is 0.267 e. The van der Waals surface area contributed by atoms with Crippen molar-refractivity contribution in [2.24, 2.45) is 0 Å². The fraction of sp³-hybridized carbons (Fsp3) is 0.158. The molecule has 24 heavy (non-hydrogen) atoms. The van der Waals surface area contributed by atoms with Gasteiger partial charge in [-0.05, 0) is 62.2 Å². The highest BCUT2D eigenvalue weighted by atomic mass is 35.5. The number of halogens is 1. The molecule has 0 saturated carbocycles. The molecule has 0 N–H and O–H groups in total. The third-order valence-electron chi connectivity index (χ3n) is 3.96. The van der Waals surface area contributed by atoms with Crippen molar-refractivity contribution >= 4 is 23.4 Å². The zero-order valence-electron chi connectivity index (χ0n) is 13.7. The van der Waals surface area contributed by atoms with Gasteiger partial charge in [0.25, 0.3) is 5.56 Å². The Morgan fingerprint density at radius 2 is 1.62 bits per heavy atom. The molecule has 122 valence electrons. The van der Waals surface area contributed by atoms with Crippen LogP contribution >= 0.6 is 23.4 Å². The van der Waals surface area contributed by atoms with Gasteiger partial charge in [0.1, 0.15) is 5.03 Å².